The van der Waals surface area contributed by atoms with Crippen LogP contribution in [0.15, 0.2) is 66.7 Å². The van der Waals surface area contributed by atoms with Crippen molar-refractivity contribution >= 4 is 33.8 Å². The maximum absolute atomic E-state index is 11.5. The molecular weight excluding hydrogens is 350 g/mol. The molecule has 28 heavy (non-hydrogen) atoms. The summed E-state index contributed by atoms with van der Waals surface area (Å²) >= 11 is 0. The van der Waals surface area contributed by atoms with Crippen LogP contribution < -0.4 is 10.9 Å². The molecule has 4 aromatic rings. The molecule has 0 atom stereocenters. The van der Waals surface area contributed by atoms with Crippen LogP contribution >= 0.6 is 0 Å². The van der Waals surface area contributed by atoms with Crippen LogP contribution in [0.5, 0.6) is 0 Å². The second-order valence-corrected chi connectivity index (χ2v) is 6.87. The zero-order valence-electron chi connectivity index (χ0n) is 15.6. The van der Waals surface area contributed by atoms with Crippen LogP contribution in [0.1, 0.15) is 15.9 Å². The molecule has 142 valence electrons. The van der Waals surface area contributed by atoms with Gasteiger partial charge in [-0.2, -0.15) is 0 Å². The van der Waals surface area contributed by atoms with Gasteiger partial charge in [0.1, 0.15) is 6.29 Å². The average molecular weight is 373 g/mol. The molecule has 1 heterocycles. The highest BCUT2D eigenvalue weighted by Crippen LogP contribution is 2.32. The Morgan fingerprint density at radius 2 is 1.75 bits per heavy atom. The number of rotatable bonds is 7. The van der Waals surface area contributed by atoms with E-state index < -0.39 is 0 Å². The van der Waals surface area contributed by atoms with Gasteiger partial charge in [-0.05, 0) is 42.3 Å². The minimum atomic E-state index is 0.0513. The molecule has 0 aliphatic heterocycles. The van der Waals surface area contributed by atoms with E-state index in [-0.39, 0.29) is 6.61 Å². The molecule has 0 aliphatic carbocycles. The second-order valence-electron chi connectivity index (χ2n) is 6.87. The monoisotopic (exact) mass is 373 g/mol. The van der Waals surface area contributed by atoms with Crippen molar-refractivity contribution in [1.82, 2.24) is 4.57 Å². The highest BCUT2D eigenvalue weighted by molar-refractivity contribution is 6.10. The molecule has 0 fully saturated rings. The Kier molecular flexibility index (Phi) is 5.10. The third kappa shape index (κ3) is 3.26. The lowest BCUT2D eigenvalue weighted by molar-refractivity contribution is 0.112. The second kappa shape index (κ2) is 7.84. The van der Waals surface area contributed by atoms with Gasteiger partial charge in [0.2, 0.25) is 0 Å². The molecule has 1 aromatic heterocycles. The van der Waals surface area contributed by atoms with Gasteiger partial charge >= 0.3 is 0 Å². The number of nitrogens with zero attached hydrogens (tertiary/aromatic N) is 2. The van der Waals surface area contributed by atoms with E-state index in [4.69, 9.17) is 5.84 Å². The van der Waals surface area contributed by atoms with Gasteiger partial charge in [-0.1, -0.05) is 36.4 Å². The Bertz CT molecular complexity index is 1120. The number of carbonyl (C=O) groups is 1. The Balaban J connectivity index is 1.81. The number of para-hydroxylation sites is 2. The molecule has 0 bridgehead atoms. The molecule has 0 saturated carbocycles. The number of hydrogen-bond donors (Lipinski definition) is 2. The molecule has 0 amide bonds. The number of aromatic nitrogens is 1. The van der Waals surface area contributed by atoms with Crippen molar-refractivity contribution in [3.8, 4) is 0 Å². The first-order valence-electron chi connectivity index (χ1n) is 9.40. The maximum atomic E-state index is 11.5. The third-order valence-electron chi connectivity index (χ3n) is 5.14. The van der Waals surface area contributed by atoms with Crippen LogP contribution in [0.25, 0.3) is 21.8 Å². The molecular formula is C23H23N3O2. The summed E-state index contributed by atoms with van der Waals surface area (Å²) in [5.74, 6) is 6.25. The molecule has 3 N–H and O–H groups in total. The van der Waals surface area contributed by atoms with Crippen LogP contribution in [0, 0.1) is 0 Å². The number of hydrogen-bond acceptors (Lipinski definition) is 4. The van der Waals surface area contributed by atoms with E-state index in [1.165, 1.54) is 0 Å². The summed E-state index contributed by atoms with van der Waals surface area (Å²) in [4.78, 5) is 11.5. The molecule has 0 saturated heterocycles. The van der Waals surface area contributed by atoms with Crippen molar-refractivity contribution in [1.29, 1.82) is 0 Å². The zero-order valence-corrected chi connectivity index (χ0v) is 15.6. The normalized spacial score (nSPS) is 11.2. The fourth-order valence-electron chi connectivity index (χ4n) is 3.88. The van der Waals surface area contributed by atoms with Crippen LogP contribution in [-0.4, -0.2) is 29.1 Å². The number of carbonyl (C=O) groups excluding carboxylic acids is 1. The van der Waals surface area contributed by atoms with Gasteiger partial charge in [-0.15, -0.1) is 0 Å². The number of nitrogens with two attached hydrogens (primary N) is 1. The highest BCUT2D eigenvalue weighted by Gasteiger charge is 2.15. The summed E-state index contributed by atoms with van der Waals surface area (Å²) in [6, 6.07) is 21.8. The predicted molar refractivity (Wildman–Crippen MR) is 114 cm³/mol. The van der Waals surface area contributed by atoms with Crippen molar-refractivity contribution in [2.45, 2.75) is 13.0 Å². The van der Waals surface area contributed by atoms with Crippen LogP contribution in [0.4, 0.5) is 5.69 Å². The first kappa shape index (κ1) is 18.2. The van der Waals surface area contributed by atoms with E-state index in [2.05, 4.69) is 16.7 Å². The van der Waals surface area contributed by atoms with Crippen molar-refractivity contribution < 1.29 is 9.90 Å². The summed E-state index contributed by atoms with van der Waals surface area (Å²) < 4.78 is 2.14. The van der Waals surface area contributed by atoms with Gasteiger partial charge in [0.25, 0.3) is 0 Å². The van der Waals surface area contributed by atoms with Gasteiger partial charge in [0.05, 0.1) is 17.8 Å². The number of aliphatic hydroxyl groups is 1. The van der Waals surface area contributed by atoms with E-state index in [9.17, 15) is 9.90 Å². The van der Waals surface area contributed by atoms with Gasteiger partial charge in [-0.3, -0.25) is 4.79 Å². The summed E-state index contributed by atoms with van der Waals surface area (Å²) in [5.41, 5.74) is 4.76. The van der Waals surface area contributed by atoms with Crippen LogP contribution in [0.2, 0.25) is 0 Å². The third-order valence-corrected chi connectivity index (χ3v) is 5.14. The van der Waals surface area contributed by atoms with Crippen molar-refractivity contribution in [2.24, 2.45) is 5.84 Å². The van der Waals surface area contributed by atoms with E-state index in [1.54, 1.807) is 5.01 Å². The first-order valence-corrected chi connectivity index (χ1v) is 9.40. The molecule has 0 aliphatic rings. The standard InChI is InChI=1S/C23H23N3O2/c24-26(19-6-2-1-3-7-19)11-10-18-14-17(16-28)15-21-20-8-4-5-9-22(20)25(12-13-27)23(18)21/h1-9,14-16,27H,10-13,24H2. The summed E-state index contributed by atoms with van der Waals surface area (Å²) in [6.45, 7) is 1.17. The number of aliphatic hydroxyl groups excluding tert-OH is 1. The largest absolute Gasteiger partial charge is 0.395 e. The van der Waals surface area contributed by atoms with E-state index in [1.807, 2.05) is 54.6 Å². The lowest BCUT2D eigenvalue weighted by atomic mass is 10.0. The fraction of sp³-hybridized carbons (Fsp3) is 0.174. The Morgan fingerprint density at radius 1 is 1.00 bits per heavy atom. The number of fused-ring (bicyclic) bond motifs is 3. The Hall–Kier alpha value is -3.15. The average Bonchev–Trinajstić information content (AvgIpc) is 3.06. The molecule has 5 heteroatoms. The smallest absolute Gasteiger partial charge is 0.150 e. The van der Waals surface area contributed by atoms with E-state index in [0.717, 1.165) is 39.3 Å². The van der Waals surface area contributed by atoms with Crippen molar-refractivity contribution in [3.05, 3.63) is 77.9 Å². The number of hydrazine groups is 1. The van der Waals surface area contributed by atoms with E-state index >= 15 is 0 Å². The Morgan fingerprint density at radius 3 is 2.50 bits per heavy atom. The maximum Gasteiger partial charge on any atom is 0.150 e. The molecule has 4 rings (SSSR count). The molecule has 5 nitrogen and oxygen atoms in total. The summed E-state index contributed by atoms with van der Waals surface area (Å²) in [6.07, 6.45) is 1.57. The highest BCUT2D eigenvalue weighted by atomic mass is 16.3. The first-order chi connectivity index (χ1) is 13.7. The molecule has 0 spiro atoms. The quantitative estimate of drug-likeness (QED) is 0.295. The molecule has 3 aromatic carbocycles. The molecule has 0 unspecified atom stereocenters. The molecule has 0 radical (unpaired) electrons. The summed E-state index contributed by atoms with van der Waals surface area (Å²) in [5, 5.41) is 13.5. The van der Waals surface area contributed by atoms with Crippen LogP contribution in [-0.2, 0) is 13.0 Å². The zero-order chi connectivity index (χ0) is 19.5. The van der Waals surface area contributed by atoms with Gasteiger partial charge in [-0.25, -0.2) is 5.84 Å². The fourth-order valence-corrected chi connectivity index (χ4v) is 3.88. The van der Waals surface area contributed by atoms with Gasteiger partial charge in [0.15, 0.2) is 0 Å². The van der Waals surface area contributed by atoms with Crippen LogP contribution in [0.3, 0.4) is 0 Å². The lowest BCUT2D eigenvalue weighted by Gasteiger charge is -2.19. The number of aldehydes is 1. The minimum absolute atomic E-state index is 0.0513. The summed E-state index contributed by atoms with van der Waals surface area (Å²) in [7, 11) is 0. The van der Waals surface area contributed by atoms with Crippen molar-refractivity contribution in [2.75, 3.05) is 18.2 Å². The van der Waals surface area contributed by atoms with Crippen molar-refractivity contribution in [3.63, 3.8) is 0 Å². The topological polar surface area (TPSA) is 71.5 Å². The predicted octanol–water partition coefficient (Wildman–Crippen LogP) is 3.52. The Labute approximate surface area is 163 Å². The van der Waals surface area contributed by atoms with Gasteiger partial charge in [0, 0.05) is 34.9 Å². The SMILES string of the molecule is NN(CCc1cc(C=O)cc2c3ccccc3n(CCO)c12)c1ccccc1. The van der Waals surface area contributed by atoms with E-state index in [0.29, 0.717) is 25.1 Å². The van der Waals surface area contributed by atoms with Gasteiger partial charge < -0.3 is 14.7 Å². The lowest BCUT2D eigenvalue weighted by Crippen LogP contribution is -2.32. The number of benzene rings is 3. The minimum Gasteiger partial charge on any atom is -0.395 e. The number of anilines is 1.